The number of carboxylic acids is 1. The Morgan fingerprint density at radius 3 is 2.68 bits per heavy atom. The van der Waals surface area contributed by atoms with Crippen LogP contribution in [-0.4, -0.2) is 24.1 Å². The minimum absolute atomic E-state index is 0.216. The molecular weight excluding hydrogens is 270 g/mol. The van der Waals surface area contributed by atoms with Gasteiger partial charge in [-0.2, -0.15) is 0 Å². The van der Waals surface area contributed by atoms with Crippen molar-refractivity contribution in [2.75, 3.05) is 7.11 Å². The first-order valence-corrected chi connectivity index (χ1v) is 6.21. The largest absolute Gasteiger partial charge is 0.496 e. The third kappa shape index (κ3) is 2.66. The fourth-order valence-corrected chi connectivity index (χ4v) is 2.03. The molecule has 0 radical (unpaired) electrons. The topological polar surface area (TPSA) is 75.6 Å². The Kier molecular flexibility index (Phi) is 3.66. The highest BCUT2D eigenvalue weighted by molar-refractivity contribution is 6.30. The van der Waals surface area contributed by atoms with Crippen molar-refractivity contribution in [1.82, 2.24) is 5.32 Å². The number of carbonyl (C=O) groups excluding carboxylic acids is 1. The van der Waals surface area contributed by atoms with Crippen LogP contribution >= 0.6 is 11.6 Å². The second kappa shape index (κ2) is 5.09. The van der Waals surface area contributed by atoms with Crippen molar-refractivity contribution in [2.45, 2.75) is 19.4 Å². The molecule has 1 amide bonds. The lowest BCUT2D eigenvalue weighted by Crippen LogP contribution is -2.36. The minimum Gasteiger partial charge on any atom is -0.496 e. The van der Waals surface area contributed by atoms with Crippen molar-refractivity contribution in [1.29, 1.82) is 0 Å². The summed E-state index contributed by atoms with van der Waals surface area (Å²) in [5.74, 6) is -0.946. The molecule has 0 atom stereocenters. The zero-order valence-corrected chi connectivity index (χ0v) is 11.2. The van der Waals surface area contributed by atoms with Gasteiger partial charge in [-0.25, -0.2) is 0 Å². The smallest absolute Gasteiger partial charge is 0.319 e. The molecule has 0 saturated heterocycles. The molecular formula is C13H14ClNO4. The lowest BCUT2D eigenvalue weighted by atomic mass is 10.1. The maximum absolute atomic E-state index is 11.8. The lowest BCUT2D eigenvalue weighted by molar-refractivity contribution is -0.149. The van der Waals surface area contributed by atoms with Gasteiger partial charge < -0.3 is 15.2 Å². The molecule has 0 aromatic heterocycles. The average Bonchev–Trinajstić information content (AvgIpc) is 3.18. The molecule has 1 aliphatic carbocycles. The standard InChI is InChI=1S/C13H14ClNO4/c1-19-10-6-9(14)3-2-8(10)7-15-11(16)13(4-5-13)12(17)18/h2-3,6H,4-5,7H2,1H3,(H,15,16)(H,17,18). The molecule has 1 aromatic rings. The van der Waals surface area contributed by atoms with Gasteiger partial charge in [-0.3, -0.25) is 9.59 Å². The highest BCUT2D eigenvalue weighted by Crippen LogP contribution is 2.46. The number of nitrogens with one attached hydrogen (secondary N) is 1. The maximum Gasteiger partial charge on any atom is 0.319 e. The van der Waals surface area contributed by atoms with Crippen molar-refractivity contribution in [2.24, 2.45) is 5.41 Å². The van der Waals surface area contributed by atoms with Gasteiger partial charge in [0.1, 0.15) is 11.2 Å². The Hall–Kier alpha value is -1.75. The van der Waals surface area contributed by atoms with E-state index in [2.05, 4.69) is 5.32 Å². The van der Waals surface area contributed by atoms with Crippen LogP contribution in [0, 0.1) is 5.41 Å². The Labute approximate surface area is 115 Å². The van der Waals surface area contributed by atoms with Crippen LogP contribution in [0.3, 0.4) is 0 Å². The van der Waals surface area contributed by atoms with Gasteiger partial charge in [0, 0.05) is 17.1 Å². The van der Waals surface area contributed by atoms with Crippen LogP contribution in [-0.2, 0) is 16.1 Å². The second-order valence-corrected chi connectivity index (χ2v) is 4.96. The van der Waals surface area contributed by atoms with E-state index in [1.54, 1.807) is 18.2 Å². The second-order valence-electron chi connectivity index (χ2n) is 4.53. The summed E-state index contributed by atoms with van der Waals surface area (Å²) in [6.07, 6.45) is 0.790. The summed E-state index contributed by atoms with van der Waals surface area (Å²) < 4.78 is 5.16. The van der Waals surface area contributed by atoms with E-state index in [1.165, 1.54) is 7.11 Å². The number of amides is 1. The van der Waals surface area contributed by atoms with E-state index in [4.69, 9.17) is 21.4 Å². The van der Waals surface area contributed by atoms with Crippen molar-refractivity contribution in [3.05, 3.63) is 28.8 Å². The highest BCUT2D eigenvalue weighted by Gasteiger charge is 2.56. The number of hydrogen-bond acceptors (Lipinski definition) is 3. The summed E-state index contributed by atoms with van der Waals surface area (Å²) in [6, 6.07) is 5.07. The van der Waals surface area contributed by atoms with Crippen molar-refractivity contribution in [3.63, 3.8) is 0 Å². The summed E-state index contributed by atoms with van der Waals surface area (Å²) in [5.41, 5.74) is -0.471. The van der Waals surface area contributed by atoms with Gasteiger partial charge in [0.2, 0.25) is 5.91 Å². The monoisotopic (exact) mass is 283 g/mol. The number of halogens is 1. The molecule has 19 heavy (non-hydrogen) atoms. The molecule has 0 spiro atoms. The third-order valence-corrected chi connectivity index (χ3v) is 3.52. The normalized spacial score (nSPS) is 15.7. The Morgan fingerprint density at radius 2 is 2.16 bits per heavy atom. The molecule has 2 rings (SSSR count). The first-order valence-electron chi connectivity index (χ1n) is 5.84. The van der Waals surface area contributed by atoms with Gasteiger partial charge in [-0.1, -0.05) is 17.7 Å². The molecule has 1 aliphatic rings. The first-order chi connectivity index (χ1) is 8.99. The van der Waals surface area contributed by atoms with E-state index in [1.807, 2.05) is 0 Å². The number of carbonyl (C=O) groups is 2. The third-order valence-electron chi connectivity index (χ3n) is 3.28. The highest BCUT2D eigenvalue weighted by atomic mass is 35.5. The average molecular weight is 284 g/mol. The zero-order chi connectivity index (χ0) is 14.0. The molecule has 2 N–H and O–H groups in total. The number of benzene rings is 1. The molecule has 102 valence electrons. The quantitative estimate of drug-likeness (QED) is 0.809. The van der Waals surface area contributed by atoms with E-state index in [0.717, 1.165) is 5.56 Å². The summed E-state index contributed by atoms with van der Waals surface area (Å²) in [5, 5.41) is 12.2. The summed E-state index contributed by atoms with van der Waals surface area (Å²) >= 11 is 5.84. The maximum atomic E-state index is 11.8. The molecule has 6 heteroatoms. The zero-order valence-electron chi connectivity index (χ0n) is 10.4. The van der Waals surface area contributed by atoms with Gasteiger partial charge in [0.05, 0.1) is 7.11 Å². The molecule has 0 aliphatic heterocycles. The molecule has 0 bridgehead atoms. The van der Waals surface area contributed by atoms with Crippen LogP contribution in [0.2, 0.25) is 5.02 Å². The summed E-state index contributed by atoms with van der Waals surface area (Å²) in [7, 11) is 1.51. The van der Waals surface area contributed by atoms with Crippen LogP contribution in [0.4, 0.5) is 0 Å². The SMILES string of the molecule is COc1cc(Cl)ccc1CNC(=O)C1(C(=O)O)CC1. The van der Waals surface area contributed by atoms with Crippen molar-refractivity contribution >= 4 is 23.5 Å². The predicted octanol–water partition coefficient (Wildman–Crippen LogP) is 1.83. The van der Waals surface area contributed by atoms with Crippen LogP contribution in [0.5, 0.6) is 5.75 Å². The molecule has 1 saturated carbocycles. The van der Waals surface area contributed by atoms with Crippen LogP contribution in [0.1, 0.15) is 18.4 Å². The molecule has 1 aromatic carbocycles. The molecule has 0 heterocycles. The number of rotatable bonds is 5. The van der Waals surface area contributed by atoms with Gasteiger partial charge in [0.25, 0.3) is 0 Å². The van der Waals surface area contributed by atoms with Crippen molar-refractivity contribution < 1.29 is 19.4 Å². The molecule has 5 nitrogen and oxygen atoms in total. The number of hydrogen-bond donors (Lipinski definition) is 2. The van der Waals surface area contributed by atoms with Crippen LogP contribution in [0.25, 0.3) is 0 Å². The van der Waals surface area contributed by atoms with Crippen LogP contribution in [0.15, 0.2) is 18.2 Å². The number of aliphatic carboxylic acids is 1. The fraction of sp³-hybridized carbons (Fsp3) is 0.385. The van der Waals surface area contributed by atoms with Crippen LogP contribution < -0.4 is 10.1 Å². The van der Waals surface area contributed by atoms with Gasteiger partial charge in [0.15, 0.2) is 0 Å². The molecule has 1 fully saturated rings. The Bertz CT molecular complexity index is 525. The van der Waals surface area contributed by atoms with E-state index >= 15 is 0 Å². The number of carboxylic acid groups (broad SMARTS) is 1. The molecule has 0 unspecified atom stereocenters. The first kappa shape index (κ1) is 13.7. The van der Waals surface area contributed by atoms with E-state index < -0.39 is 17.3 Å². The Morgan fingerprint density at radius 1 is 1.47 bits per heavy atom. The summed E-state index contributed by atoms with van der Waals surface area (Å²) in [6.45, 7) is 0.216. The lowest BCUT2D eigenvalue weighted by Gasteiger charge is -2.13. The van der Waals surface area contributed by atoms with E-state index in [9.17, 15) is 9.59 Å². The number of methoxy groups -OCH3 is 1. The van der Waals surface area contributed by atoms with Gasteiger partial charge in [-0.15, -0.1) is 0 Å². The van der Waals surface area contributed by atoms with Gasteiger partial charge in [-0.05, 0) is 25.0 Å². The number of ether oxygens (including phenoxy) is 1. The minimum atomic E-state index is -1.22. The van der Waals surface area contributed by atoms with E-state index in [0.29, 0.717) is 23.6 Å². The Balaban J connectivity index is 2.03. The van der Waals surface area contributed by atoms with E-state index in [-0.39, 0.29) is 6.54 Å². The summed E-state index contributed by atoms with van der Waals surface area (Å²) in [4.78, 5) is 22.9. The fourth-order valence-electron chi connectivity index (χ4n) is 1.87. The van der Waals surface area contributed by atoms with Crippen molar-refractivity contribution in [3.8, 4) is 5.75 Å². The van der Waals surface area contributed by atoms with Gasteiger partial charge >= 0.3 is 5.97 Å². The predicted molar refractivity (Wildman–Crippen MR) is 69.2 cm³/mol.